The fourth-order valence-corrected chi connectivity index (χ4v) is 4.20. The van der Waals surface area contributed by atoms with E-state index >= 15 is 0 Å². The predicted molar refractivity (Wildman–Crippen MR) is 114 cm³/mol. The van der Waals surface area contributed by atoms with E-state index in [1.165, 1.54) is 7.11 Å². The lowest BCUT2D eigenvalue weighted by molar-refractivity contribution is 0.0601. The molecular formula is C24H22N2O3. The SMILES string of the molecule is COC(=O)c1ccc2nc(-c3cc4ccccc4o3)c(N3CCC[C@@H]3C)cc2c1. The zero-order valence-corrected chi connectivity index (χ0v) is 16.5. The summed E-state index contributed by atoms with van der Waals surface area (Å²) in [6.45, 7) is 3.22. The molecule has 1 aliphatic rings. The molecule has 0 aliphatic carbocycles. The van der Waals surface area contributed by atoms with E-state index in [2.05, 4.69) is 24.0 Å². The summed E-state index contributed by atoms with van der Waals surface area (Å²) in [7, 11) is 1.40. The number of pyridine rings is 1. The van der Waals surface area contributed by atoms with E-state index in [0.29, 0.717) is 11.6 Å². The number of furan rings is 1. The van der Waals surface area contributed by atoms with Crippen LogP contribution in [-0.4, -0.2) is 30.6 Å². The summed E-state index contributed by atoms with van der Waals surface area (Å²) in [4.78, 5) is 19.3. The van der Waals surface area contributed by atoms with E-state index < -0.39 is 0 Å². The maximum atomic E-state index is 12.0. The summed E-state index contributed by atoms with van der Waals surface area (Å²) in [5.74, 6) is 0.420. The molecule has 2 aromatic heterocycles. The summed E-state index contributed by atoms with van der Waals surface area (Å²) >= 11 is 0. The Morgan fingerprint density at radius 3 is 2.76 bits per heavy atom. The molecule has 0 N–H and O–H groups in total. The monoisotopic (exact) mass is 386 g/mol. The van der Waals surface area contributed by atoms with Crippen LogP contribution < -0.4 is 4.90 Å². The first-order valence-electron chi connectivity index (χ1n) is 9.93. The normalized spacial score (nSPS) is 16.6. The fraction of sp³-hybridized carbons (Fsp3) is 0.250. The van der Waals surface area contributed by atoms with Crippen LogP contribution in [0.2, 0.25) is 0 Å². The van der Waals surface area contributed by atoms with E-state index in [1.54, 1.807) is 6.07 Å². The molecule has 2 aromatic carbocycles. The highest BCUT2D eigenvalue weighted by Gasteiger charge is 2.26. The van der Waals surface area contributed by atoms with Gasteiger partial charge in [0.05, 0.1) is 23.9 Å². The molecule has 4 aromatic rings. The second-order valence-corrected chi connectivity index (χ2v) is 7.59. The van der Waals surface area contributed by atoms with Crippen molar-refractivity contribution in [2.45, 2.75) is 25.8 Å². The van der Waals surface area contributed by atoms with Gasteiger partial charge in [-0.25, -0.2) is 9.78 Å². The second kappa shape index (κ2) is 6.92. The molecule has 29 heavy (non-hydrogen) atoms. The molecule has 1 atom stereocenters. The van der Waals surface area contributed by atoms with Crippen molar-refractivity contribution < 1.29 is 13.9 Å². The van der Waals surface area contributed by atoms with Crippen LogP contribution in [0.25, 0.3) is 33.3 Å². The number of nitrogens with zero attached hydrogens (tertiary/aromatic N) is 2. The number of benzene rings is 2. The van der Waals surface area contributed by atoms with E-state index in [4.69, 9.17) is 14.1 Å². The van der Waals surface area contributed by atoms with E-state index in [1.807, 2.05) is 36.4 Å². The maximum absolute atomic E-state index is 12.0. The van der Waals surface area contributed by atoms with E-state index in [9.17, 15) is 4.79 Å². The first-order valence-corrected chi connectivity index (χ1v) is 9.93. The molecule has 0 spiro atoms. The highest BCUT2D eigenvalue weighted by Crippen LogP contribution is 2.38. The number of aromatic nitrogens is 1. The van der Waals surface area contributed by atoms with Gasteiger partial charge in [0.25, 0.3) is 0 Å². The maximum Gasteiger partial charge on any atom is 0.337 e. The Morgan fingerprint density at radius 2 is 2.00 bits per heavy atom. The predicted octanol–water partition coefficient (Wildman–Crippen LogP) is 5.42. The minimum atomic E-state index is -0.343. The standard InChI is InChI=1S/C24H22N2O3/c1-15-6-5-11-26(15)20-13-18-12-17(24(27)28-2)9-10-19(18)25-23(20)22-14-16-7-3-4-8-21(16)29-22/h3-4,7-10,12-15H,5-6,11H2,1-2H3/t15-/m0/s1. The van der Waals surface area contributed by atoms with Gasteiger partial charge in [0, 0.05) is 23.4 Å². The number of esters is 1. The van der Waals surface area contributed by atoms with Crippen LogP contribution in [0, 0.1) is 0 Å². The number of fused-ring (bicyclic) bond motifs is 2. The van der Waals surface area contributed by atoms with Crippen molar-refractivity contribution in [2.75, 3.05) is 18.6 Å². The number of anilines is 1. The molecule has 146 valence electrons. The molecule has 0 saturated carbocycles. The molecule has 1 saturated heterocycles. The topological polar surface area (TPSA) is 55.6 Å². The minimum Gasteiger partial charge on any atom is -0.465 e. The molecule has 1 aliphatic heterocycles. The largest absolute Gasteiger partial charge is 0.465 e. The smallest absolute Gasteiger partial charge is 0.337 e. The van der Waals surface area contributed by atoms with Crippen LogP contribution in [0.15, 0.2) is 59.0 Å². The Bertz CT molecular complexity index is 1190. The lowest BCUT2D eigenvalue weighted by Gasteiger charge is -2.26. The molecule has 0 amide bonds. The fourth-order valence-electron chi connectivity index (χ4n) is 4.20. The first-order chi connectivity index (χ1) is 14.1. The summed E-state index contributed by atoms with van der Waals surface area (Å²) in [6.07, 6.45) is 2.31. The summed E-state index contributed by atoms with van der Waals surface area (Å²) in [5.41, 5.74) is 4.09. The van der Waals surface area contributed by atoms with Crippen molar-refractivity contribution >= 4 is 33.5 Å². The summed E-state index contributed by atoms with van der Waals surface area (Å²) in [6, 6.07) is 18.1. The Kier molecular flexibility index (Phi) is 4.23. The molecule has 3 heterocycles. The third-order valence-electron chi connectivity index (χ3n) is 5.74. The van der Waals surface area contributed by atoms with Gasteiger partial charge in [-0.15, -0.1) is 0 Å². The molecule has 0 radical (unpaired) electrons. The van der Waals surface area contributed by atoms with Gasteiger partial charge in [-0.3, -0.25) is 0 Å². The van der Waals surface area contributed by atoms with Gasteiger partial charge >= 0.3 is 5.97 Å². The number of carbonyl (C=O) groups excluding carboxylic acids is 1. The minimum absolute atomic E-state index is 0.343. The average Bonchev–Trinajstić information content (AvgIpc) is 3.37. The van der Waals surface area contributed by atoms with Gasteiger partial charge in [0.15, 0.2) is 5.76 Å². The number of rotatable bonds is 3. The van der Waals surface area contributed by atoms with Gasteiger partial charge < -0.3 is 14.1 Å². The van der Waals surface area contributed by atoms with E-state index in [0.717, 1.165) is 58.4 Å². The zero-order chi connectivity index (χ0) is 20.0. The third kappa shape index (κ3) is 3.03. The van der Waals surface area contributed by atoms with Crippen molar-refractivity contribution in [3.05, 3.63) is 60.2 Å². The number of methoxy groups -OCH3 is 1. The van der Waals surface area contributed by atoms with Crippen molar-refractivity contribution in [1.29, 1.82) is 0 Å². The lowest BCUT2D eigenvalue weighted by atomic mass is 10.1. The van der Waals surface area contributed by atoms with E-state index in [-0.39, 0.29) is 5.97 Å². The van der Waals surface area contributed by atoms with Crippen molar-refractivity contribution in [2.24, 2.45) is 0 Å². The number of hydrogen-bond acceptors (Lipinski definition) is 5. The van der Waals surface area contributed by atoms with Crippen LogP contribution in [0.4, 0.5) is 5.69 Å². The zero-order valence-electron chi connectivity index (χ0n) is 16.5. The van der Waals surface area contributed by atoms with Crippen molar-refractivity contribution in [3.63, 3.8) is 0 Å². The van der Waals surface area contributed by atoms with Crippen LogP contribution in [0.3, 0.4) is 0 Å². The summed E-state index contributed by atoms with van der Waals surface area (Å²) < 4.78 is 11.0. The number of ether oxygens (including phenoxy) is 1. The Labute approximate surface area is 168 Å². The molecule has 5 rings (SSSR count). The van der Waals surface area contributed by atoms with Gasteiger partial charge in [-0.05, 0) is 56.2 Å². The Balaban J connectivity index is 1.73. The Morgan fingerprint density at radius 1 is 1.14 bits per heavy atom. The molecule has 0 bridgehead atoms. The van der Waals surface area contributed by atoms with Gasteiger partial charge in [-0.1, -0.05) is 18.2 Å². The van der Waals surface area contributed by atoms with Crippen LogP contribution >= 0.6 is 0 Å². The van der Waals surface area contributed by atoms with Gasteiger partial charge in [-0.2, -0.15) is 0 Å². The number of hydrogen-bond donors (Lipinski definition) is 0. The molecule has 5 nitrogen and oxygen atoms in total. The third-order valence-corrected chi connectivity index (χ3v) is 5.74. The van der Waals surface area contributed by atoms with Crippen LogP contribution in [0.1, 0.15) is 30.1 Å². The van der Waals surface area contributed by atoms with Gasteiger partial charge in [0.2, 0.25) is 0 Å². The molecule has 0 unspecified atom stereocenters. The molecule has 1 fully saturated rings. The average molecular weight is 386 g/mol. The van der Waals surface area contributed by atoms with Crippen LogP contribution in [0.5, 0.6) is 0 Å². The number of para-hydroxylation sites is 1. The second-order valence-electron chi connectivity index (χ2n) is 7.59. The summed E-state index contributed by atoms with van der Waals surface area (Å²) in [5, 5.41) is 1.98. The highest BCUT2D eigenvalue weighted by atomic mass is 16.5. The Hall–Kier alpha value is -3.34. The highest BCUT2D eigenvalue weighted by molar-refractivity contribution is 5.97. The first kappa shape index (κ1) is 17.7. The quantitative estimate of drug-likeness (QED) is 0.440. The van der Waals surface area contributed by atoms with Gasteiger partial charge in [0.1, 0.15) is 11.3 Å². The number of carbonyl (C=O) groups is 1. The lowest BCUT2D eigenvalue weighted by Crippen LogP contribution is -2.27. The van der Waals surface area contributed by atoms with Crippen molar-refractivity contribution in [3.8, 4) is 11.5 Å². The molecule has 5 heteroatoms. The van der Waals surface area contributed by atoms with Crippen LogP contribution in [-0.2, 0) is 4.74 Å². The molecular weight excluding hydrogens is 364 g/mol. The van der Waals surface area contributed by atoms with Crippen molar-refractivity contribution in [1.82, 2.24) is 4.98 Å².